The maximum atomic E-state index is 11.7. The molecule has 1 aliphatic heterocycles. The zero-order valence-corrected chi connectivity index (χ0v) is 10.5. The van der Waals surface area contributed by atoms with Crippen molar-refractivity contribution in [3.05, 3.63) is 16.7 Å². The average Bonchev–Trinajstić information content (AvgIpc) is 2.93. The van der Waals surface area contributed by atoms with Gasteiger partial charge in [-0.05, 0) is 6.92 Å². The van der Waals surface area contributed by atoms with Crippen LogP contribution in [0.3, 0.4) is 0 Å². The summed E-state index contributed by atoms with van der Waals surface area (Å²) in [6.45, 7) is 2.37. The summed E-state index contributed by atoms with van der Waals surface area (Å²) in [5.74, 6) is 0.0560. The van der Waals surface area contributed by atoms with Gasteiger partial charge in [0.25, 0.3) is 5.56 Å². The molecule has 3 heterocycles. The van der Waals surface area contributed by atoms with Crippen molar-refractivity contribution in [2.24, 2.45) is 0 Å². The highest BCUT2D eigenvalue weighted by Crippen LogP contribution is 2.32. The van der Waals surface area contributed by atoms with Crippen LogP contribution in [0.2, 0.25) is 0 Å². The van der Waals surface area contributed by atoms with Crippen molar-refractivity contribution in [3.63, 3.8) is 0 Å². The summed E-state index contributed by atoms with van der Waals surface area (Å²) in [6.07, 6.45) is 1.99. The zero-order chi connectivity index (χ0) is 13.6. The Morgan fingerprint density at radius 1 is 1.74 bits per heavy atom. The van der Waals surface area contributed by atoms with Gasteiger partial charge in [0.1, 0.15) is 0 Å². The van der Waals surface area contributed by atoms with E-state index in [2.05, 4.69) is 15.0 Å². The molecular formula is C11H15N5O3. The Morgan fingerprint density at radius 3 is 3.21 bits per heavy atom. The van der Waals surface area contributed by atoms with E-state index in [0.29, 0.717) is 18.7 Å². The van der Waals surface area contributed by atoms with E-state index in [4.69, 9.17) is 15.6 Å². The highest BCUT2D eigenvalue weighted by Gasteiger charge is 2.38. The first kappa shape index (κ1) is 12.1. The minimum atomic E-state index is -0.393. The molecule has 0 aromatic carbocycles. The van der Waals surface area contributed by atoms with Crippen LogP contribution >= 0.6 is 0 Å². The van der Waals surface area contributed by atoms with Gasteiger partial charge in [0, 0.05) is 6.42 Å². The van der Waals surface area contributed by atoms with Gasteiger partial charge in [-0.25, -0.2) is 4.98 Å². The summed E-state index contributed by atoms with van der Waals surface area (Å²) in [6, 6.07) is 0. The second-order valence-electron chi connectivity index (χ2n) is 5.05. The van der Waals surface area contributed by atoms with E-state index in [0.717, 1.165) is 0 Å². The fraction of sp³-hybridized carbons (Fsp3) is 0.545. The maximum absolute atomic E-state index is 11.7. The van der Waals surface area contributed by atoms with E-state index in [-0.39, 0.29) is 29.7 Å². The van der Waals surface area contributed by atoms with Crippen molar-refractivity contribution >= 4 is 17.1 Å². The molecule has 3 rings (SSSR count). The van der Waals surface area contributed by atoms with Crippen LogP contribution in [-0.2, 0) is 10.3 Å². The number of nitrogens with one attached hydrogen (secondary N) is 1. The summed E-state index contributed by atoms with van der Waals surface area (Å²) in [5, 5.41) is 9.16. The number of aromatic nitrogens is 4. The van der Waals surface area contributed by atoms with E-state index in [9.17, 15) is 4.79 Å². The van der Waals surface area contributed by atoms with E-state index < -0.39 is 5.54 Å². The number of nitrogens with two attached hydrogens (primary N) is 1. The lowest BCUT2D eigenvalue weighted by molar-refractivity contribution is 0.0544. The van der Waals surface area contributed by atoms with Crippen LogP contribution in [0, 0.1) is 0 Å². The lowest BCUT2D eigenvalue weighted by Gasteiger charge is -2.24. The minimum absolute atomic E-state index is 0.0294. The quantitative estimate of drug-likeness (QED) is 0.654. The molecule has 8 heteroatoms. The molecule has 19 heavy (non-hydrogen) atoms. The van der Waals surface area contributed by atoms with Gasteiger partial charge in [-0.2, -0.15) is 4.98 Å². The largest absolute Gasteiger partial charge is 0.394 e. The van der Waals surface area contributed by atoms with Crippen molar-refractivity contribution in [2.45, 2.75) is 25.0 Å². The fourth-order valence-electron chi connectivity index (χ4n) is 2.51. The standard InChI is InChI=1S/C11H15N5O3/c1-11(2-6(3-17)19-4-11)16-5-13-7-8(16)14-10(12)15-9(7)18/h5-6,17H,2-4H2,1H3,(H3,12,14,15,18)/t6-,11-/m0/s1. The van der Waals surface area contributed by atoms with Crippen LogP contribution < -0.4 is 11.3 Å². The maximum Gasteiger partial charge on any atom is 0.280 e. The van der Waals surface area contributed by atoms with Crippen LogP contribution in [0.1, 0.15) is 13.3 Å². The molecule has 0 radical (unpaired) electrons. The molecule has 0 spiro atoms. The number of nitrogens with zero attached hydrogens (tertiary/aromatic N) is 3. The Bertz CT molecular complexity index is 679. The van der Waals surface area contributed by atoms with Gasteiger partial charge in [-0.15, -0.1) is 0 Å². The number of fused-ring (bicyclic) bond motifs is 1. The molecule has 2 aromatic rings. The number of rotatable bonds is 2. The van der Waals surface area contributed by atoms with Crippen LogP contribution in [0.15, 0.2) is 11.1 Å². The van der Waals surface area contributed by atoms with Crippen LogP contribution in [0.4, 0.5) is 5.95 Å². The molecule has 0 amide bonds. The molecule has 1 fully saturated rings. The molecule has 0 saturated carbocycles. The normalized spacial score (nSPS) is 27.2. The monoisotopic (exact) mass is 265 g/mol. The lowest BCUT2D eigenvalue weighted by Crippen LogP contribution is -2.31. The Balaban J connectivity index is 2.14. The van der Waals surface area contributed by atoms with Gasteiger partial charge in [0.15, 0.2) is 11.2 Å². The summed E-state index contributed by atoms with van der Waals surface area (Å²) in [7, 11) is 0. The van der Waals surface area contributed by atoms with E-state index in [1.807, 2.05) is 6.92 Å². The van der Waals surface area contributed by atoms with Crippen molar-refractivity contribution in [1.82, 2.24) is 19.5 Å². The molecule has 1 saturated heterocycles. The van der Waals surface area contributed by atoms with Gasteiger partial charge in [0.2, 0.25) is 5.95 Å². The summed E-state index contributed by atoms with van der Waals surface area (Å²) >= 11 is 0. The minimum Gasteiger partial charge on any atom is -0.394 e. The molecular weight excluding hydrogens is 250 g/mol. The number of ether oxygens (including phenoxy) is 1. The Hall–Kier alpha value is -1.93. The summed E-state index contributed by atoms with van der Waals surface area (Å²) in [5.41, 5.74) is 5.51. The van der Waals surface area contributed by atoms with Gasteiger partial charge in [-0.3, -0.25) is 9.78 Å². The predicted molar refractivity (Wildman–Crippen MR) is 67.7 cm³/mol. The van der Waals surface area contributed by atoms with Crippen molar-refractivity contribution in [3.8, 4) is 0 Å². The number of aliphatic hydroxyl groups is 1. The number of aromatic amines is 1. The number of imidazole rings is 1. The number of aliphatic hydroxyl groups excluding tert-OH is 1. The van der Waals surface area contributed by atoms with E-state index >= 15 is 0 Å². The number of anilines is 1. The molecule has 1 aliphatic rings. The predicted octanol–water partition coefficient (Wildman–Crippen LogP) is -0.802. The Labute approximate surface area is 108 Å². The zero-order valence-electron chi connectivity index (χ0n) is 10.5. The number of H-pyrrole nitrogens is 1. The molecule has 102 valence electrons. The van der Waals surface area contributed by atoms with Crippen molar-refractivity contribution in [1.29, 1.82) is 0 Å². The van der Waals surface area contributed by atoms with E-state index in [1.54, 1.807) is 10.9 Å². The van der Waals surface area contributed by atoms with Gasteiger partial charge >= 0.3 is 0 Å². The van der Waals surface area contributed by atoms with Crippen LogP contribution in [-0.4, -0.2) is 43.9 Å². The van der Waals surface area contributed by atoms with Gasteiger partial charge < -0.3 is 20.1 Å². The van der Waals surface area contributed by atoms with Gasteiger partial charge in [-0.1, -0.05) is 0 Å². The Morgan fingerprint density at radius 2 is 2.53 bits per heavy atom. The lowest BCUT2D eigenvalue weighted by atomic mass is 9.98. The molecule has 0 aliphatic carbocycles. The van der Waals surface area contributed by atoms with Crippen molar-refractivity contribution < 1.29 is 9.84 Å². The molecule has 0 bridgehead atoms. The van der Waals surface area contributed by atoms with E-state index in [1.165, 1.54) is 0 Å². The SMILES string of the molecule is C[C@@]1(n2cnc3c(=O)[nH]c(N)nc32)CO[C@H](CO)C1. The average molecular weight is 265 g/mol. The van der Waals surface area contributed by atoms with Crippen LogP contribution in [0.5, 0.6) is 0 Å². The third kappa shape index (κ3) is 1.80. The topological polar surface area (TPSA) is 119 Å². The van der Waals surface area contributed by atoms with Crippen molar-refractivity contribution in [2.75, 3.05) is 18.9 Å². The van der Waals surface area contributed by atoms with Gasteiger partial charge in [0.05, 0.1) is 31.2 Å². The molecule has 2 aromatic heterocycles. The number of hydrogen-bond donors (Lipinski definition) is 3. The first-order valence-electron chi connectivity index (χ1n) is 5.99. The fourth-order valence-corrected chi connectivity index (χ4v) is 2.51. The second kappa shape index (κ2) is 4.04. The highest BCUT2D eigenvalue weighted by molar-refractivity contribution is 5.70. The first-order chi connectivity index (χ1) is 9.03. The molecule has 4 N–H and O–H groups in total. The summed E-state index contributed by atoms with van der Waals surface area (Å²) in [4.78, 5) is 22.4. The molecule has 2 atom stereocenters. The Kier molecular flexibility index (Phi) is 2.58. The second-order valence-corrected chi connectivity index (χ2v) is 5.05. The molecule has 8 nitrogen and oxygen atoms in total. The van der Waals surface area contributed by atoms with Crippen LogP contribution in [0.25, 0.3) is 11.2 Å². The third-order valence-corrected chi connectivity index (χ3v) is 3.51. The summed E-state index contributed by atoms with van der Waals surface area (Å²) < 4.78 is 7.30. The third-order valence-electron chi connectivity index (χ3n) is 3.51. The first-order valence-corrected chi connectivity index (χ1v) is 5.99. The smallest absolute Gasteiger partial charge is 0.280 e. The number of nitrogen functional groups attached to an aromatic ring is 1. The molecule has 0 unspecified atom stereocenters. The highest BCUT2D eigenvalue weighted by atomic mass is 16.5. The number of hydrogen-bond acceptors (Lipinski definition) is 6.